The molecule has 0 spiro atoms. The van der Waals surface area contributed by atoms with Gasteiger partial charge in [-0.1, -0.05) is 54.4 Å². The highest BCUT2D eigenvalue weighted by Gasteiger charge is 2.36. The lowest BCUT2D eigenvalue weighted by Gasteiger charge is -2.37. The van der Waals surface area contributed by atoms with Crippen molar-refractivity contribution in [2.75, 3.05) is 0 Å². The Labute approximate surface area is 172 Å². The molecule has 0 heterocycles. The van der Waals surface area contributed by atoms with E-state index in [9.17, 15) is 9.90 Å². The Kier molecular flexibility index (Phi) is 8.27. The maximum absolute atomic E-state index is 12.7. The van der Waals surface area contributed by atoms with Crippen LogP contribution in [0.4, 0.5) is 0 Å². The minimum absolute atomic E-state index is 0.0374. The number of esters is 1. The summed E-state index contributed by atoms with van der Waals surface area (Å²) in [5, 5.41) is 10.5. The third kappa shape index (κ3) is 5.90. The second kappa shape index (κ2) is 10.0. The molecular weight excluding hydrogens is 352 g/mol. The van der Waals surface area contributed by atoms with E-state index < -0.39 is 5.97 Å². The number of ether oxygens (including phenoxy) is 2. The molecule has 2 aliphatic rings. The predicted molar refractivity (Wildman–Crippen MR) is 113 cm³/mol. The Morgan fingerprint density at radius 2 is 1.25 bits per heavy atom. The van der Waals surface area contributed by atoms with Crippen molar-refractivity contribution in [1.82, 2.24) is 0 Å². The van der Waals surface area contributed by atoms with Crippen molar-refractivity contribution in [3.63, 3.8) is 0 Å². The van der Waals surface area contributed by atoms with Crippen LogP contribution in [0, 0.1) is 35.5 Å². The van der Waals surface area contributed by atoms with E-state index in [1.165, 1.54) is 12.8 Å². The summed E-state index contributed by atoms with van der Waals surface area (Å²) in [6.45, 7) is 14.9. The third-order valence-electron chi connectivity index (χ3n) is 7.07. The molecule has 0 aromatic carbocycles. The minimum Gasteiger partial charge on any atom is -0.481 e. The van der Waals surface area contributed by atoms with Gasteiger partial charge in [-0.3, -0.25) is 0 Å². The zero-order valence-electron chi connectivity index (χ0n) is 19.0. The number of aliphatic hydroxyl groups excluding tert-OH is 1. The lowest BCUT2D eigenvalue weighted by atomic mass is 9.75. The van der Waals surface area contributed by atoms with E-state index in [4.69, 9.17) is 9.47 Å². The summed E-state index contributed by atoms with van der Waals surface area (Å²) < 4.78 is 11.8. The average Bonchev–Trinajstić information content (AvgIpc) is 2.60. The highest BCUT2D eigenvalue weighted by Crippen LogP contribution is 2.37. The van der Waals surface area contributed by atoms with Crippen molar-refractivity contribution in [2.24, 2.45) is 35.5 Å². The van der Waals surface area contributed by atoms with E-state index in [0.717, 1.165) is 25.7 Å². The molecule has 2 fully saturated rings. The van der Waals surface area contributed by atoms with Crippen LogP contribution in [0.25, 0.3) is 0 Å². The van der Waals surface area contributed by atoms with Gasteiger partial charge >= 0.3 is 5.97 Å². The summed E-state index contributed by atoms with van der Waals surface area (Å²) in [6.07, 6.45) is 6.31. The van der Waals surface area contributed by atoms with Crippen LogP contribution < -0.4 is 0 Å². The SMILES string of the molecule is C/C(C(=O)O[C@@H]1C[C@H](C)CC[C@H]1C(C)C)=C(/O)O[C@@H]1C[C@H](C)CC[C@H]1C(C)C. The molecule has 28 heavy (non-hydrogen) atoms. The molecule has 0 aliphatic heterocycles. The number of carbonyl (C=O) groups is 1. The van der Waals surface area contributed by atoms with Crippen LogP contribution in [0.5, 0.6) is 0 Å². The molecule has 4 nitrogen and oxygen atoms in total. The quantitative estimate of drug-likeness (QED) is 0.328. The van der Waals surface area contributed by atoms with Gasteiger partial charge in [0, 0.05) is 0 Å². The standard InChI is InChI=1S/C24H42O4/c1-14(2)19-10-8-16(5)12-21(19)27-23(25)18(7)24(26)28-22-13-17(6)9-11-20(22)15(3)4/h14-17,19-22,25H,8-13H2,1-7H3/b23-18+/t16-,17-,19+,20+,21-,22-/m1/s1. The Bertz CT molecular complexity index is 551. The van der Waals surface area contributed by atoms with Crippen LogP contribution in [0.15, 0.2) is 11.5 Å². The summed E-state index contributed by atoms with van der Waals surface area (Å²) >= 11 is 0. The van der Waals surface area contributed by atoms with Gasteiger partial charge in [0.15, 0.2) is 0 Å². The lowest BCUT2D eigenvalue weighted by Crippen LogP contribution is -2.36. The van der Waals surface area contributed by atoms with Crippen molar-refractivity contribution in [1.29, 1.82) is 0 Å². The van der Waals surface area contributed by atoms with E-state index in [1.807, 2.05) is 0 Å². The molecule has 0 saturated heterocycles. The van der Waals surface area contributed by atoms with Crippen molar-refractivity contribution >= 4 is 5.97 Å². The van der Waals surface area contributed by atoms with Gasteiger partial charge in [0.05, 0.1) is 0 Å². The zero-order valence-corrected chi connectivity index (χ0v) is 19.0. The molecule has 2 saturated carbocycles. The van der Waals surface area contributed by atoms with E-state index in [1.54, 1.807) is 6.92 Å². The first kappa shape index (κ1) is 23.1. The molecule has 0 amide bonds. The lowest BCUT2D eigenvalue weighted by molar-refractivity contribution is -0.152. The molecule has 2 aliphatic carbocycles. The number of aliphatic hydroxyl groups is 1. The molecule has 0 bridgehead atoms. The van der Waals surface area contributed by atoms with Gasteiger partial charge in [0.2, 0.25) is 0 Å². The zero-order chi connectivity index (χ0) is 21.0. The molecule has 4 heteroatoms. The molecule has 0 unspecified atom stereocenters. The fraction of sp³-hybridized carbons (Fsp3) is 0.875. The van der Waals surface area contributed by atoms with Crippen molar-refractivity contribution < 1.29 is 19.4 Å². The number of rotatable bonds is 6. The van der Waals surface area contributed by atoms with Crippen molar-refractivity contribution in [2.45, 2.75) is 99.2 Å². The summed E-state index contributed by atoms with van der Waals surface area (Å²) in [5.41, 5.74) is 0.196. The molecular formula is C24H42O4. The van der Waals surface area contributed by atoms with Crippen LogP contribution in [-0.2, 0) is 14.3 Å². The Morgan fingerprint density at radius 1 is 0.821 bits per heavy atom. The fourth-order valence-corrected chi connectivity index (χ4v) is 5.05. The highest BCUT2D eigenvalue weighted by molar-refractivity contribution is 5.88. The summed E-state index contributed by atoms with van der Waals surface area (Å²) in [5.74, 6) is 2.23. The molecule has 2 rings (SSSR count). The highest BCUT2D eigenvalue weighted by atomic mass is 16.6. The Hall–Kier alpha value is -1.19. The van der Waals surface area contributed by atoms with Gasteiger partial charge in [-0.15, -0.1) is 0 Å². The maximum atomic E-state index is 12.7. The van der Waals surface area contributed by atoms with E-state index in [-0.39, 0.29) is 23.7 Å². The Morgan fingerprint density at radius 3 is 1.68 bits per heavy atom. The predicted octanol–water partition coefficient (Wildman–Crippen LogP) is 6.26. The van der Waals surface area contributed by atoms with Crippen molar-refractivity contribution in [3.8, 4) is 0 Å². The largest absolute Gasteiger partial charge is 0.481 e. The summed E-state index contributed by atoms with van der Waals surface area (Å²) in [6, 6.07) is 0. The van der Waals surface area contributed by atoms with Crippen LogP contribution >= 0.6 is 0 Å². The van der Waals surface area contributed by atoms with Crippen LogP contribution in [0.2, 0.25) is 0 Å². The Balaban J connectivity index is 2.05. The van der Waals surface area contributed by atoms with Crippen molar-refractivity contribution in [3.05, 3.63) is 11.5 Å². The van der Waals surface area contributed by atoms with Crippen LogP contribution in [0.3, 0.4) is 0 Å². The molecule has 0 aromatic heterocycles. The van der Waals surface area contributed by atoms with Gasteiger partial charge in [0.1, 0.15) is 17.8 Å². The third-order valence-corrected chi connectivity index (χ3v) is 7.07. The average molecular weight is 395 g/mol. The molecule has 162 valence electrons. The number of carbonyl (C=O) groups excluding carboxylic acids is 1. The first-order valence-electron chi connectivity index (χ1n) is 11.4. The summed E-state index contributed by atoms with van der Waals surface area (Å²) in [7, 11) is 0. The fourth-order valence-electron chi connectivity index (χ4n) is 5.05. The van der Waals surface area contributed by atoms with Crippen LogP contribution in [0.1, 0.15) is 87.0 Å². The summed E-state index contributed by atoms with van der Waals surface area (Å²) in [4.78, 5) is 12.7. The number of hydrogen-bond acceptors (Lipinski definition) is 4. The van der Waals surface area contributed by atoms with Crippen LogP contribution in [-0.4, -0.2) is 23.3 Å². The maximum Gasteiger partial charge on any atom is 0.341 e. The van der Waals surface area contributed by atoms with Gasteiger partial charge in [-0.05, 0) is 68.1 Å². The van der Waals surface area contributed by atoms with E-state index >= 15 is 0 Å². The number of hydrogen-bond donors (Lipinski definition) is 1. The monoisotopic (exact) mass is 394 g/mol. The van der Waals surface area contributed by atoms with Gasteiger partial charge in [-0.2, -0.15) is 0 Å². The smallest absolute Gasteiger partial charge is 0.341 e. The molecule has 6 atom stereocenters. The normalized spacial score (nSPS) is 34.9. The van der Waals surface area contributed by atoms with Gasteiger partial charge in [-0.25, -0.2) is 4.79 Å². The second-order valence-electron chi connectivity index (χ2n) is 10.2. The topological polar surface area (TPSA) is 55.8 Å². The van der Waals surface area contributed by atoms with Gasteiger partial charge < -0.3 is 14.6 Å². The first-order valence-corrected chi connectivity index (χ1v) is 11.4. The van der Waals surface area contributed by atoms with E-state index in [2.05, 4.69) is 41.5 Å². The van der Waals surface area contributed by atoms with E-state index in [0.29, 0.717) is 35.5 Å². The van der Waals surface area contributed by atoms with Gasteiger partial charge in [0.25, 0.3) is 5.95 Å². The molecule has 0 radical (unpaired) electrons. The molecule has 1 N–H and O–H groups in total. The minimum atomic E-state index is -0.438. The molecule has 0 aromatic rings. The first-order chi connectivity index (χ1) is 13.1. The second-order valence-corrected chi connectivity index (χ2v) is 10.2.